The molecule has 0 aromatic heterocycles. The van der Waals surface area contributed by atoms with E-state index >= 15 is 0 Å². The summed E-state index contributed by atoms with van der Waals surface area (Å²) in [6.07, 6.45) is 6.89. The average Bonchev–Trinajstić information content (AvgIpc) is 2.24. The predicted molar refractivity (Wildman–Crippen MR) is 72.1 cm³/mol. The molecular formula is C13H27NOS. The highest BCUT2D eigenvalue weighted by Gasteiger charge is 2.26. The van der Waals surface area contributed by atoms with Gasteiger partial charge < -0.3 is 5.32 Å². The highest BCUT2D eigenvalue weighted by Crippen LogP contribution is 2.29. The Hall–Kier alpha value is 0.110. The third-order valence-corrected chi connectivity index (χ3v) is 5.60. The van der Waals surface area contributed by atoms with Crippen molar-refractivity contribution in [3.8, 4) is 0 Å². The minimum Gasteiger partial charge on any atom is -0.314 e. The molecule has 1 N–H and O–H groups in total. The summed E-state index contributed by atoms with van der Waals surface area (Å²) in [7, 11) is -0.672. The molecule has 3 heteroatoms. The van der Waals surface area contributed by atoms with Crippen molar-refractivity contribution in [2.45, 2.75) is 57.7 Å². The fourth-order valence-electron chi connectivity index (χ4n) is 2.51. The third kappa shape index (κ3) is 4.17. The zero-order chi connectivity index (χ0) is 12.1. The van der Waals surface area contributed by atoms with Crippen LogP contribution in [0.2, 0.25) is 0 Å². The van der Waals surface area contributed by atoms with E-state index in [1.54, 1.807) is 6.26 Å². The first kappa shape index (κ1) is 14.2. The van der Waals surface area contributed by atoms with Crippen molar-refractivity contribution in [3.05, 3.63) is 0 Å². The van der Waals surface area contributed by atoms with Crippen molar-refractivity contribution >= 4 is 10.8 Å². The van der Waals surface area contributed by atoms with Crippen LogP contribution in [-0.2, 0) is 10.8 Å². The van der Waals surface area contributed by atoms with Crippen LogP contribution in [0.25, 0.3) is 0 Å². The van der Waals surface area contributed by atoms with Gasteiger partial charge >= 0.3 is 0 Å². The summed E-state index contributed by atoms with van der Waals surface area (Å²) in [6, 6.07) is 0.682. The quantitative estimate of drug-likeness (QED) is 0.806. The van der Waals surface area contributed by atoms with Crippen LogP contribution in [-0.4, -0.2) is 28.3 Å². The fraction of sp³-hybridized carbons (Fsp3) is 1.00. The Kier molecular flexibility index (Phi) is 5.98. The van der Waals surface area contributed by atoms with Gasteiger partial charge in [-0.25, -0.2) is 0 Å². The summed E-state index contributed by atoms with van der Waals surface area (Å²) in [5.74, 6) is 1.64. The molecule has 1 saturated carbocycles. The highest BCUT2D eigenvalue weighted by molar-refractivity contribution is 7.84. The molecule has 1 fully saturated rings. The maximum atomic E-state index is 11.2. The summed E-state index contributed by atoms with van der Waals surface area (Å²) in [4.78, 5) is 0. The molecule has 1 aliphatic rings. The lowest BCUT2D eigenvalue weighted by atomic mass is 9.78. The van der Waals surface area contributed by atoms with Crippen LogP contribution in [0.15, 0.2) is 0 Å². The molecule has 2 nitrogen and oxygen atoms in total. The Balaban J connectivity index is 2.24. The summed E-state index contributed by atoms with van der Waals surface area (Å²) in [5.41, 5.74) is 0. The number of hydrogen-bond acceptors (Lipinski definition) is 2. The first-order chi connectivity index (χ1) is 7.52. The van der Waals surface area contributed by atoms with Gasteiger partial charge in [-0.15, -0.1) is 0 Å². The molecule has 16 heavy (non-hydrogen) atoms. The number of hydrogen-bond donors (Lipinski definition) is 1. The molecule has 0 unspecified atom stereocenters. The molecule has 5 atom stereocenters. The van der Waals surface area contributed by atoms with Gasteiger partial charge in [0.05, 0.1) is 0 Å². The average molecular weight is 245 g/mol. The van der Waals surface area contributed by atoms with E-state index in [9.17, 15) is 4.21 Å². The summed E-state index contributed by atoms with van der Waals surface area (Å²) >= 11 is 0. The van der Waals surface area contributed by atoms with E-state index in [-0.39, 0.29) is 0 Å². The van der Waals surface area contributed by atoms with Crippen LogP contribution in [0.3, 0.4) is 0 Å². The van der Waals surface area contributed by atoms with E-state index in [0.717, 1.165) is 24.8 Å². The lowest BCUT2D eigenvalue weighted by molar-refractivity contribution is 0.207. The lowest BCUT2D eigenvalue weighted by Crippen LogP contribution is -2.41. The van der Waals surface area contributed by atoms with Gasteiger partial charge in [0, 0.05) is 28.3 Å². The zero-order valence-corrected chi connectivity index (χ0v) is 12.0. The maximum Gasteiger partial charge on any atom is 0.0329 e. The van der Waals surface area contributed by atoms with Gasteiger partial charge in [-0.05, 0) is 31.2 Å². The van der Waals surface area contributed by atoms with Crippen molar-refractivity contribution in [3.63, 3.8) is 0 Å². The molecule has 0 aromatic rings. The van der Waals surface area contributed by atoms with E-state index in [0.29, 0.717) is 11.3 Å². The standard InChI is InChI=1S/C13H27NOS/c1-10-6-5-7-13(12(10)3)14-9-8-11(2)16(4)15/h10-14H,5-9H2,1-4H3/t10-,11+,12-,13+,16-/m1/s1. The van der Waals surface area contributed by atoms with Crippen molar-refractivity contribution in [2.75, 3.05) is 12.8 Å². The van der Waals surface area contributed by atoms with Crippen LogP contribution < -0.4 is 5.32 Å². The molecular weight excluding hydrogens is 218 g/mol. The van der Waals surface area contributed by atoms with Crippen molar-refractivity contribution in [1.82, 2.24) is 5.32 Å². The molecule has 1 aliphatic carbocycles. The second kappa shape index (κ2) is 6.75. The largest absolute Gasteiger partial charge is 0.314 e. The van der Waals surface area contributed by atoms with Gasteiger partial charge in [-0.3, -0.25) is 4.21 Å². The SMILES string of the molecule is C[C@@H]1[C@H](C)CCC[C@@H]1NCC[C@H](C)[S@@](C)=O. The van der Waals surface area contributed by atoms with Crippen molar-refractivity contribution < 1.29 is 4.21 Å². The molecule has 0 heterocycles. The molecule has 0 radical (unpaired) electrons. The van der Waals surface area contributed by atoms with E-state index in [2.05, 4.69) is 26.1 Å². The topological polar surface area (TPSA) is 29.1 Å². The van der Waals surface area contributed by atoms with E-state index in [1.807, 2.05) is 0 Å². The van der Waals surface area contributed by atoms with Gasteiger partial charge in [-0.1, -0.05) is 33.6 Å². The van der Waals surface area contributed by atoms with Crippen LogP contribution in [0.1, 0.15) is 46.5 Å². The van der Waals surface area contributed by atoms with E-state index in [4.69, 9.17) is 0 Å². The maximum absolute atomic E-state index is 11.2. The third-order valence-electron chi connectivity index (χ3n) is 4.23. The second-order valence-corrected chi connectivity index (χ2v) is 7.23. The summed E-state index contributed by atoms with van der Waals surface area (Å²) in [6.45, 7) is 7.82. The fourth-order valence-corrected chi connectivity index (χ4v) is 2.96. The molecule has 0 bridgehead atoms. The molecule has 96 valence electrons. The van der Waals surface area contributed by atoms with Crippen LogP contribution in [0.4, 0.5) is 0 Å². The summed E-state index contributed by atoms with van der Waals surface area (Å²) < 4.78 is 11.2. The Morgan fingerprint density at radius 1 is 1.38 bits per heavy atom. The van der Waals surface area contributed by atoms with Gasteiger partial charge in [-0.2, -0.15) is 0 Å². The Labute approximate surface area is 103 Å². The molecule has 1 rings (SSSR count). The van der Waals surface area contributed by atoms with Crippen molar-refractivity contribution in [2.24, 2.45) is 11.8 Å². The molecule has 0 aliphatic heterocycles. The van der Waals surface area contributed by atoms with E-state index in [1.165, 1.54) is 19.3 Å². The molecule has 0 aromatic carbocycles. The van der Waals surface area contributed by atoms with E-state index < -0.39 is 10.8 Å². The Morgan fingerprint density at radius 3 is 2.69 bits per heavy atom. The Bertz CT molecular complexity index is 232. The minimum atomic E-state index is -0.672. The monoisotopic (exact) mass is 245 g/mol. The number of nitrogens with one attached hydrogen (secondary N) is 1. The first-order valence-corrected chi connectivity index (χ1v) is 8.20. The lowest BCUT2D eigenvalue weighted by Gasteiger charge is -2.35. The van der Waals surface area contributed by atoms with Gasteiger partial charge in [0.1, 0.15) is 0 Å². The van der Waals surface area contributed by atoms with Gasteiger partial charge in [0.15, 0.2) is 0 Å². The summed E-state index contributed by atoms with van der Waals surface area (Å²) in [5, 5.41) is 3.98. The zero-order valence-electron chi connectivity index (χ0n) is 11.2. The molecule has 0 amide bonds. The van der Waals surface area contributed by atoms with Gasteiger partial charge in [0.2, 0.25) is 0 Å². The highest BCUT2D eigenvalue weighted by atomic mass is 32.2. The minimum absolute atomic E-state index is 0.323. The molecule has 0 saturated heterocycles. The second-order valence-electron chi connectivity index (χ2n) is 5.43. The number of rotatable bonds is 5. The smallest absolute Gasteiger partial charge is 0.0329 e. The van der Waals surface area contributed by atoms with Crippen molar-refractivity contribution in [1.29, 1.82) is 0 Å². The van der Waals surface area contributed by atoms with Crippen LogP contribution in [0.5, 0.6) is 0 Å². The first-order valence-electron chi connectivity index (χ1n) is 6.58. The van der Waals surface area contributed by atoms with Crippen LogP contribution >= 0.6 is 0 Å². The van der Waals surface area contributed by atoms with Crippen LogP contribution in [0, 0.1) is 11.8 Å². The Morgan fingerprint density at radius 2 is 2.06 bits per heavy atom. The normalized spacial score (nSPS) is 34.6. The molecule has 0 spiro atoms. The predicted octanol–water partition coefficient (Wildman–Crippen LogP) is 2.56. The van der Waals surface area contributed by atoms with Gasteiger partial charge in [0.25, 0.3) is 0 Å².